The van der Waals surface area contributed by atoms with Gasteiger partial charge in [0.15, 0.2) is 9.84 Å². The number of hydrogen-bond donors (Lipinski definition) is 1. The minimum atomic E-state index is -2.73. The van der Waals surface area contributed by atoms with Gasteiger partial charge >= 0.3 is 0 Å². The highest BCUT2D eigenvalue weighted by Gasteiger charge is 2.32. The molecular formula is C8H11N3O2S. The zero-order valence-electron chi connectivity index (χ0n) is 7.55. The summed E-state index contributed by atoms with van der Waals surface area (Å²) in [6.45, 7) is 0.600. The Kier molecular flexibility index (Phi) is 2.47. The average Bonchev–Trinajstić information content (AvgIpc) is 2.13. The van der Waals surface area contributed by atoms with Crippen molar-refractivity contribution in [2.45, 2.75) is 12.6 Å². The van der Waals surface area contributed by atoms with Crippen LogP contribution in [0, 0.1) is 0 Å². The van der Waals surface area contributed by atoms with Gasteiger partial charge in [0, 0.05) is 18.8 Å². The van der Waals surface area contributed by atoms with Crippen molar-refractivity contribution in [3.63, 3.8) is 0 Å². The summed E-state index contributed by atoms with van der Waals surface area (Å²) in [5.41, 5.74) is 0.879. The average molecular weight is 213 g/mol. The van der Waals surface area contributed by atoms with Crippen LogP contribution >= 0.6 is 0 Å². The third kappa shape index (κ3) is 2.27. The Labute approximate surface area is 82.5 Å². The molecule has 0 bridgehead atoms. The van der Waals surface area contributed by atoms with Crippen molar-refractivity contribution in [3.8, 4) is 0 Å². The van der Waals surface area contributed by atoms with E-state index in [4.69, 9.17) is 0 Å². The third-order valence-corrected chi connectivity index (χ3v) is 3.95. The van der Waals surface area contributed by atoms with Crippen LogP contribution in [-0.2, 0) is 16.4 Å². The summed E-state index contributed by atoms with van der Waals surface area (Å²) in [5, 5.41) is 3.12. The maximum atomic E-state index is 10.8. The number of aromatic nitrogens is 2. The van der Waals surface area contributed by atoms with Gasteiger partial charge in [0.2, 0.25) is 0 Å². The van der Waals surface area contributed by atoms with Crippen molar-refractivity contribution < 1.29 is 8.42 Å². The largest absolute Gasteiger partial charge is 0.306 e. The van der Waals surface area contributed by atoms with E-state index in [1.165, 1.54) is 6.33 Å². The molecule has 0 atom stereocenters. The fourth-order valence-electron chi connectivity index (χ4n) is 1.35. The number of sulfone groups is 1. The van der Waals surface area contributed by atoms with Crippen LogP contribution in [0.5, 0.6) is 0 Å². The Bertz CT molecular complexity index is 392. The standard InChI is InChI=1S/C8H11N3O2S/c12-14(13)4-8(5-14)10-3-7-1-2-9-6-11-7/h1-2,6,8,10H,3-5H2. The third-order valence-electron chi connectivity index (χ3n) is 2.13. The monoisotopic (exact) mass is 213 g/mol. The summed E-state index contributed by atoms with van der Waals surface area (Å²) in [6, 6.07) is 1.90. The normalized spacial score (nSPS) is 20.3. The van der Waals surface area contributed by atoms with Gasteiger partial charge in [-0.1, -0.05) is 0 Å². The molecule has 2 heterocycles. The van der Waals surface area contributed by atoms with Crippen LogP contribution in [0.3, 0.4) is 0 Å². The van der Waals surface area contributed by atoms with E-state index in [1.807, 2.05) is 0 Å². The van der Waals surface area contributed by atoms with E-state index in [0.29, 0.717) is 6.54 Å². The summed E-state index contributed by atoms with van der Waals surface area (Å²) in [6.07, 6.45) is 3.15. The lowest BCUT2D eigenvalue weighted by Crippen LogP contribution is -2.50. The minimum absolute atomic E-state index is 0.0926. The van der Waals surface area contributed by atoms with E-state index < -0.39 is 9.84 Å². The first-order chi connectivity index (χ1) is 6.66. The van der Waals surface area contributed by atoms with Gasteiger partial charge in [-0.25, -0.2) is 18.4 Å². The maximum Gasteiger partial charge on any atom is 0.153 e. The van der Waals surface area contributed by atoms with Gasteiger partial charge in [-0.3, -0.25) is 0 Å². The van der Waals surface area contributed by atoms with Crippen molar-refractivity contribution >= 4 is 9.84 Å². The molecule has 0 radical (unpaired) electrons. The van der Waals surface area contributed by atoms with Crippen LogP contribution in [0.4, 0.5) is 0 Å². The van der Waals surface area contributed by atoms with E-state index >= 15 is 0 Å². The molecule has 5 nitrogen and oxygen atoms in total. The van der Waals surface area contributed by atoms with E-state index in [-0.39, 0.29) is 17.5 Å². The van der Waals surface area contributed by atoms with Crippen LogP contribution in [0.2, 0.25) is 0 Å². The summed E-state index contributed by atoms with van der Waals surface area (Å²) >= 11 is 0. The van der Waals surface area contributed by atoms with Crippen LogP contribution in [0.25, 0.3) is 0 Å². The molecule has 1 aromatic rings. The first kappa shape index (κ1) is 9.54. The van der Waals surface area contributed by atoms with Gasteiger partial charge < -0.3 is 5.32 Å². The zero-order chi connectivity index (χ0) is 10.0. The van der Waals surface area contributed by atoms with Gasteiger partial charge in [-0.15, -0.1) is 0 Å². The molecule has 14 heavy (non-hydrogen) atoms. The molecule has 2 rings (SSSR count). The van der Waals surface area contributed by atoms with Crippen molar-refractivity contribution in [1.82, 2.24) is 15.3 Å². The number of rotatable bonds is 3. The van der Waals surface area contributed by atoms with Crippen molar-refractivity contribution in [2.75, 3.05) is 11.5 Å². The molecule has 6 heteroatoms. The number of hydrogen-bond acceptors (Lipinski definition) is 5. The summed E-state index contributed by atoms with van der Waals surface area (Å²) in [4.78, 5) is 7.82. The molecule has 76 valence electrons. The molecule has 1 N–H and O–H groups in total. The lowest BCUT2D eigenvalue weighted by molar-refractivity contribution is 0.508. The highest BCUT2D eigenvalue weighted by molar-refractivity contribution is 7.92. The fourth-order valence-corrected chi connectivity index (χ4v) is 2.72. The number of nitrogens with one attached hydrogen (secondary N) is 1. The molecule has 1 aliphatic heterocycles. The molecule has 1 aromatic heterocycles. The highest BCUT2D eigenvalue weighted by Crippen LogP contribution is 2.10. The predicted octanol–water partition coefficient (Wildman–Crippen LogP) is -0.637. The van der Waals surface area contributed by atoms with E-state index in [2.05, 4.69) is 15.3 Å². The van der Waals surface area contributed by atoms with E-state index in [9.17, 15) is 8.42 Å². The molecule has 1 aliphatic rings. The van der Waals surface area contributed by atoms with Gasteiger partial charge in [-0.2, -0.15) is 0 Å². The SMILES string of the molecule is O=S1(=O)CC(NCc2ccncn2)C1. The lowest BCUT2D eigenvalue weighted by Gasteiger charge is -2.26. The van der Waals surface area contributed by atoms with Crippen molar-refractivity contribution in [3.05, 3.63) is 24.3 Å². The second kappa shape index (κ2) is 3.62. The first-order valence-corrected chi connectivity index (χ1v) is 6.16. The van der Waals surface area contributed by atoms with Crippen molar-refractivity contribution in [1.29, 1.82) is 0 Å². The number of nitrogens with zero attached hydrogens (tertiary/aromatic N) is 2. The Balaban J connectivity index is 1.80. The topological polar surface area (TPSA) is 72.0 Å². The Morgan fingerprint density at radius 1 is 1.50 bits per heavy atom. The molecule has 0 saturated carbocycles. The van der Waals surface area contributed by atoms with Gasteiger partial charge in [0.05, 0.1) is 17.2 Å². The summed E-state index contributed by atoms with van der Waals surface area (Å²) < 4.78 is 21.7. The second-order valence-electron chi connectivity index (χ2n) is 3.36. The van der Waals surface area contributed by atoms with Crippen LogP contribution in [0.15, 0.2) is 18.6 Å². The first-order valence-electron chi connectivity index (χ1n) is 4.34. The van der Waals surface area contributed by atoms with E-state index in [0.717, 1.165) is 5.69 Å². The molecule has 0 amide bonds. The molecule has 0 aliphatic carbocycles. The zero-order valence-corrected chi connectivity index (χ0v) is 8.37. The van der Waals surface area contributed by atoms with Gasteiger partial charge in [0.25, 0.3) is 0 Å². The molecule has 1 saturated heterocycles. The van der Waals surface area contributed by atoms with Crippen LogP contribution in [-0.4, -0.2) is 35.9 Å². The van der Waals surface area contributed by atoms with Gasteiger partial charge in [-0.05, 0) is 6.07 Å². The van der Waals surface area contributed by atoms with Crippen LogP contribution in [0.1, 0.15) is 5.69 Å². The fraction of sp³-hybridized carbons (Fsp3) is 0.500. The maximum absolute atomic E-state index is 10.8. The molecule has 0 spiro atoms. The minimum Gasteiger partial charge on any atom is -0.306 e. The quantitative estimate of drug-likeness (QED) is 0.723. The molecule has 0 aromatic carbocycles. The highest BCUT2D eigenvalue weighted by atomic mass is 32.2. The van der Waals surface area contributed by atoms with Crippen LogP contribution < -0.4 is 5.32 Å². The Morgan fingerprint density at radius 3 is 2.86 bits per heavy atom. The van der Waals surface area contributed by atoms with E-state index in [1.54, 1.807) is 12.3 Å². The van der Waals surface area contributed by atoms with Gasteiger partial charge in [0.1, 0.15) is 6.33 Å². The smallest absolute Gasteiger partial charge is 0.153 e. The molecular weight excluding hydrogens is 202 g/mol. The molecule has 0 unspecified atom stereocenters. The summed E-state index contributed by atoms with van der Waals surface area (Å²) in [7, 11) is -2.73. The lowest BCUT2D eigenvalue weighted by atomic mass is 10.3. The Hall–Kier alpha value is -1.01. The Morgan fingerprint density at radius 2 is 2.29 bits per heavy atom. The van der Waals surface area contributed by atoms with Crippen molar-refractivity contribution in [2.24, 2.45) is 0 Å². The second-order valence-corrected chi connectivity index (χ2v) is 5.51. The summed E-state index contributed by atoms with van der Waals surface area (Å²) in [5.74, 6) is 0.496. The molecule has 1 fully saturated rings. The predicted molar refractivity (Wildman–Crippen MR) is 51.3 cm³/mol.